The molecule has 2 fully saturated rings. The molecule has 0 radical (unpaired) electrons. The van der Waals surface area contributed by atoms with Crippen molar-refractivity contribution in [3.8, 4) is 0 Å². The van der Waals surface area contributed by atoms with Crippen LogP contribution in [-0.4, -0.2) is 47.8 Å². The van der Waals surface area contributed by atoms with Crippen LogP contribution in [0.4, 0.5) is 0 Å². The summed E-state index contributed by atoms with van der Waals surface area (Å²) in [5, 5.41) is 3.16. The van der Waals surface area contributed by atoms with Crippen molar-refractivity contribution in [1.82, 2.24) is 19.2 Å². The number of rotatable bonds is 5. The summed E-state index contributed by atoms with van der Waals surface area (Å²) in [5.74, 6) is 1.28. The number of carbonyl (C=O) groups excluding carboxylic acids is 1. The van der Waals surface area contributed by atoms with E-state index in [0.717, 1.165) is 6.54 Å². The lowest BCUT2D eigenvalue weighted by molar-refractivity contribution is -0.126. The minimum absolute atomic E-state index is 0.0811. The minimum Gasteiger partial charge on any atom is -0.356 e. The van der Waals surface area contributed by atoms with Crippen LogP contribution in [-0.2, 0) is 21.9 Å². The van der Waals surface area contributed by atoms with Crippen LogP contribution in [0.2, 0.25) is 0 Å². The monoisotopic (exact) mass is 368 g/mol. The first-order valence-corrected chi connectivity index (χ1v) is 10.6. The molecule has 3 rings (SSSR count). The maximum atomic E-state index is 12.7. The molecule has 1 saturated heterocycles. The van der Waals surface area contributed by atoms with Gasteiger partial charge in [-0.3, -0.25) is 4.79 Å². The maximum Gasteiger partial charge on any atom is 0.262 e. The van der Waals surface area contributed by atoms with E-state index in [1.165, 1.54) is 30.0 Å². The topological polar surface area (TPSA) is 84.3 Å². The third-order valence-corrected chi connectivity index (χ3v) is 7.33. The highest BCUT2D eigenvalue weighted by Gasteiger charge is 2.33. The number of imidazole rings is 1. The van der Waals surface area contributed by atoms with E-state index in [2.05, 4.69) is 10.3 Å². The number of aromatic nitrogens is 2. The summed E-state index contributed by atoms with van der Waals surface area (Å²) in [4.78, 5) is 16.5. The van der Waals surface area contributed by atoms with E-state index in [4.69, 9.17) is 0 Å². The van der Waals surface area contributed by atoms with Gasteiger partial charge in [0.15, 0.2) is 5.03 Å². The zero-order valence-corrected chi connectivity index (χ0v) is 15.9. The first-order chi connectivity index (χ1) is 11.9. The molecule has 7 nitrogen and oxygen atoms in total. The number of piperidine rings is 1. The molecule has 1 aromatic rings. The summed E-state index contributed by atoms with van der Waals surface area (Å²) in [6.07, 6.45) is 7.64. The average molecular weight is 369 g/mol. The Labute approximate surface area is 149 Å². The molecule has 1 aliphatic carbocycles. The third-order valence-electron chi connectivity index (χ3n) is 5.56. The zero-order valence-electron chi connectivity index (χ0n) is 15.1. The van der Waals surface area contributed by atoms with Gasteiger partial charge in [0.05, 0.1) is 0 Å². The van der Waals surface area contributed by atoms with E-state index in [0.29, 0.717) is 37.7 Å². The van der Waals surface area contributed by atoms with Crippen LogP contribution in [0.15, 0.2) is 11.2 Å². The largest absolute Gasteiger partial charge is 0.356 e. The van der Waals surface area contributed by atoms with Gasteiger partial charge in [-0.25, -0.2) is 13.4 Å². The first-order valence-electron chi connectivity index (χ1n) is 9.15. The van der Waals surface area contributed by atoms with Crippen LogP contribution in [0.3, 0.4) is 0 Å². The Bertz CT molecular complexity index is 695. The van der Waals surface area contributed by atoms with Crippen molar-refractivity contribution < 1.29 is 13.2 Å². The normalized spacial score (nSPS) is 20.9. The van der Waals surface area contributed by atoms with E-state index in [9.17, 15) is 13.2 Å². The van der Waals surface area contributed by atoms with Gasteiger partial charge in [-0.1, -0.05) is 12.8 Å². The maximum absolute atomic E-state index is 12.7. The Balaban J connectivity index is 1.53. The van der Waals surface area contributed by atoms with Gasteiger partial charge in [-0.15, -0.1) is 0 Å². The van der Waals surface area contributed by atoms with E-state index >= 15 is 0 Å². The van der Waals surface area contributed by atoms with Crippen molar-refractivity contribution in [2.24, 2.45) is 18.9 Å². The smallest absolute Gasteiger partial charge is 0.262 e. The van der Waals surface area contributed by atoms with Crippen LogP contribution < -0.4 is 5.32 Å². The molecule has 0 spiro atoms. The lowest BCUT2D eigenvalue weighted by Crippen LogP contribution is -2.43. The third kappa shape index (κ3) is 4.06. The highest BCUT2D eigenvalue weighted by Crippen LogP contribution is 2.25. The Morgan fingerprint density at radius 3 is 2.44 bits per heavy atom. The molecule has 1 amide bonds. The van der Waals surface area contributed by atoms with Gasteiger partial charge in [0.1, 0.15) is 5.82 Å². The summed E-state index contributed by atoms with van der Waals surface area (Å²) in [6, 6.07) is 0. The van der Waals surface area contributed by atoms with Crippen LogP contribution in [0.1, 0.15) is 44.3 Å². The fourth-order valence-corrected chi connectivity index (χ4v) is 5.24. The fourth-order valence-electron chi connectivity index (χ4n) is 3.74. The van der Waals surface area contributed by atoms with E-state index in [1.54, 1.807) is 24.7 Å². The summed E-state index contributed by atoms with van der Waals surface area (Å²) in [5.41, 5.74) is 0. The second-order valence-corrected chi connectivity index (χ2v) is 9.20. The van der Waals surface area contributed by atoms with Crippen molar-refractivity contribution in [1.29, 1.82) is 0 Å². The van der Waals surface area contributed by atoms with E-state index in [1.807, 2.05) is 0 Å². The number of nitrogens with one attached hydrogen (secondary N) is 1. The number of hydrogen-bond donors (Lipinski definition) is 1. The molecule has 0 unspecified atom stereocenters. The molecule has 1 aromatic heterocycles. The molecular formula is C17H28N4O3S. The predicted molar refractivity (Wildman–Crippen MR) is 94.4 cm³/mol. The highest BCUT2D eigenvalue weighted by atomic mass is 32.2. The van der Waals surface area contributed by atoms with Crippen LogP contribution in [0.5, 0.6) is 0 Å². The Hall–Kier alpha value is -1.41. The molecule has 1 saturated carbocycles. The van der Waals surface area contributed by atoms with Gasteiger partial charge < -0.3 is 9.88 Å². The number of amides is 1. The summed E-state index contributed by atoms with van der Waals surface area (Å²) in [6.45, 7) is 3.30. The fraction of sp³-hybridized carbons (Fsp3) is 0.765. The number of sulfonamides is 1. The van der Waals surface area contributed by atoms with Gasteiger partial charge in [0.2, 0.25) is 5.91 Å². The molecule has 0 bridgehead atoms. The number of hydrogen-bond acceptors (Lipinski definition) is 4. The quantitative estimate of drug-likeness (QED) is 0.852. The molecule has 0 atom stereocenters. The summed E-state index contributed by atoms with van der Waals surface area (Å²) < 4.78 is 28.5. The first kappa shape index (κ1) is 18.4. The molecule has 1 aliphatic heterocycles. The van der Waals surface area contributed by atoms with Crippen LogP contribution in [0.25, 0.3) is 0 Å². The second-order valence-electron chi connectivity index (χ2n) is 7.31. The molecule has 2 heterocycles. The Morgan fingerprint density at radius 1 is 1.24 bits per heavy atom. The van der Waals surface area contributed by atoms with Crippen molar-refractivity contribution >= 4 is 15.9 Å². The summed E-state index contributed by atoms with van der Waals surface area (Å²) in [7, 11) is -1.79. The van der Waals surface area contributed by atoms with E-state index < -0.39 is 10.0 Å². The molecule has 25 heavy (non-hydrogen) atoms. The number of carbonyl (C=O) groups is 1. The molecule has 140 valence electrons. The summed E-state index contributed by atoms with van der Waals surface area (Å²) >= 11 is 0. The van der Waals surface area contributed by atoms with Gasteiger partial charge in [-0.05, 0) is 38.5 Å². The van der Waals surface area contributed by atoms with Crippen LogP contribution in [0, 0.1) is 18.8 Å². The second kappa shape index (κ2) is 7.45. The zero-order chi connectivity index (χ0) is 18.0. The van der Waals surface area contributed by atoms with Crippen LogP contribution >= 0.6 is 0 Å². The van der Waals surface area contributed by atoms with Crippen molar-refractivity contribution in [3.63, 3.8) is 0 Å². The molecule has 2 aliphatic rings. The highest BCUT2D eigenvalue weighted by molar-refractivity contribution is 7.89. The van der Waals surface area contributed by atoms with Gasteiger partial charge >= 0.3 is 0 Å². The minimum atomic E-state index is -3.57. The lowest BCUT2D eigenvalue weighted by atomic mass is 9.97. The van der Waals surface area contributed by atoms with Crippen molar-refractivity contribution in [2.45, 2.75) is 50.5 Å². The van der Waals surface area contributed by atoms with Crippen molar-refractivity contribution in [2.75, 3.05) is 19.6 Å². The lowest BCUT2D eigenvalue weighted by Gasteiger charge is -2.30. The SMILES string of the molecule is Cc1nc(S(=O)(=O)N2CCC(C(=O)NCC3CCCC3)CC2)cn1C. The van der Waals surface area contributed by atoms with Gasteiger partial charge in [-0.2, -0.15) is 4.31 Å². The van der Waals surface area contributed by atoms with Gasteiger partial charge in [0, 0.05) is 38.8 Å². The molecule has 1 N–H and O–H groups in total. The Morgan fingerprint density at radius 2 is 1.88 bits per heavy atom. The van der Waals surface area contributed by atoms with E-state index in [-0.39, 0.29) is 16.9 Å². The standard InChI is InChI=1S/C17H28N4O3S/c1-13-19-16(12-20(13)2)25(23,24)21-9-7-15(8-10-21)17(22)18-11-14-5-3-4-6-14/h12,14-15H,3-11H2,1-2H3,(H,18,22). The average Bonchev–Trinajstić information content (AvgIpc) is 3.23. The molecular weight excluding hydrogens is 340 g/mol. The molecule has 0 aromatic carbocycles. The predicted octanol–water partition coefficient (Wildman–Crippen LogP) is 1.44. The van der Waals surface area contributed by atoms with Gasteiger partial charge in [0.25, 0.3) is 10.0 Å². The Kier molecular flexibility index (Phi) is 5.48. The number of aryl methyl sites for hydroxylation is 2. The van der Waals surface area contributed by atoms with Crippen molar-refractivity contribution in [3.05, 3.63) is 12.0 Å². The molecule has 8 heteroatoms. The number of nitrogens with zero attached hydrogens (tertiary/aromatic N) is 3.